The summed E-state index contributed by atoms with van der Waals surface area (Å²) in [6, 6.07) is 7.72. The molecule has 0 unspecified atom stereocenters. The topological polar surface area (TPSA) is 59.8 Å². The van der Waals surface area contributed by atoms with E-state index in [1.807, 2.05) is 24.3 Å². The summed E-state index contributed by atoms with van der Waals surface area (Å²) in [7, 11) is 0. The zero-order valence-electron chi connectivity index (χ0n) is 10.9. The normalized spacial score (nSPS) is 13.9. The first-order chi connectivity index (χ1) is 9.24. The molecule has 0 saturated carbocycles. The number of nitrogens with zero attached hydrogens (tertiary/aromatic N) is 3. The molecule has 5 nitrogen and oxygen atoms in total. The standard InChI is InChI=1S/C14H16N4O/c1-10(19)15-12-7-5-11(6-8-12)14-17-16-13-4-2-3-9-18(13)14/h5-8H,2-4,9H2,1H3,(H,15,19). The Morgan fingerprint density at radius 3 is 2.74 bits per heavy atom. The van der Waals surface area contributed by atoms with Crippen LogP contribution in [0.2, 0.25) is 0 Å². The largest absolute Gasteiger partial charge is 0.326 e. The van der Waals surface area contributed by atoms with Gasteiger partial charge < -0.3 is 9.88 Å². The number of carbonyl (C=O) groups excluding carboxylic acids is 1. The summed E-state index contributed by atoms with van der Waals surface area (Å²) < 4.78 is 2.19. The van der Waals surface area contributed by atoms with E-state index in [0.29, 0.717) is 0 Å². The highest BCUT2D eigenvalue weighted by Crippen LogP contribution is 2.24. The van der Waals surface area contributed by atoms with Crippen LogP contribution in [0.5, 0.6) is 0 Å². The third-order valence-corrected chi connectivity index (χ3v) is 3.32. The van der Waals surface area contributed by atoms with Gasteiger partial charge in [-0.15, -0.1) is 10.2 Å². The third-order valence-electron chi connectivity index (χ3n) is 3.32. The summed E-state index contributed by atoms with van der Waals surface area (Å²) in [4.78, 5) is 11.0. The molecule has 98 valence electrons. The monoisotopic (exact) mass is 256 g/mol. The molecule has 2 aromatic rings. The number of hydrogen-bond acceptors (Lipinski definition) is 3. The SMILES string of the molecule is CC(=O)Nc1ccc(-c2nnc3n2CCCC3)cc1. The number of aromatic nitrogens is 3. The molecule has 0 atom stereocenters. The number of carbonyl (C=O) groups is 1. The molecule has 0 fully saturated rings. The highest BCUT2D eigenvalue weighted by atomic mass is 16.1. The van der Waals surface area contributed by atoms with E-state index < -0.39 is 0 Å². The van der Waals surface area contributed by atoms with Crippen molar-refractivity contribution in [2.24, 2.45) is 0 Å². The van der Waals surface area contributed by atoms with Crippen LogP contribution in [0.15, 0.2) is 24.3 Å². The van der Waals surface area contributed by atoms with Crippen LogP contribution < -0.4 is 5.32 Å². The maximum absolute atomic E-state index is 11.0. The van der Waals surface area contributed by atoms with Gasteiger partial charge in [0, 0.05) is 31.1 Å². The first kappa shape index (κ1) is 11.9. The first-order valence-electron chi connectivity index (χ1n) is 6.54. The van der Waals surface area contributed by atoms with E-state index in [4.69, 9.17) is 0 Å². The van der Waals surface area contributed by atoms with Gasteiger partial charge >= 0.3 is 0 Å². The van der Waals surface area contributed by atoms with Crippen LogP contribution in [-0.2, 0) is 17.8 Å². The van der Waals surface area contributed by atoms with E-state index in [9.17, 15) is 4.79 Å². The second-order valence-corrected chi connectivity index (χ2v) is 4.81. The number of anilines is 1. The number of amides is 1. The van der Waals surface area contributed by atoms with E-state index in [2.05, 4.69) is 20.1 Å². The summed E-state index contributed by atoms with van der Waals surface area (Å²) in [5.41, 5.74) is 1.84. The second kappa shape index (κ2) is 4.84. The molecule has 1 aromatic heterocycles. The van der Waals surface area contributed by atoms with E-state index in [1.165, 1.54) is 19.8 Å². The summed E-state index contributed by atoms with van der Waals surface area (Å²) in [6.07, 6.45) is 3.39. The summed E-state index contributed by atoms with van der Waals surface area (Å²) >= 11 is 0. The van der Waals surface area contributed by atoms with Gasteiger partial charge in [-0.3, -0.25) is 4.79 Å². The number of hydrogen-bond donors (Lipinski definition) is 1. The Kier molecular flexibility index (Phi) is 3.03. The molecule has 3 rings (SSSR count). The number of rotatable bonds is 2. The number of aryl methyl sites for hydroxylation is 1. The van der Waals surface area contributed by atoms with Gasteiger partial charge in [-0.1, -0.05) is 0 Å². The van der Waals surface area contributed by atoms with E-state index in [0.717, 1.165) is 35.9 Å². The average Bonchev–Trinajstić information content (AvgIpc) is 2.83. The maximum atomic E-state index is 11.0. The minimum Gasteiger partial charge on any atom is -0.326 e. The van der Waals surface area contributed by atoms with Crippen LogP contribution in [0.4, 0.5) is 5.69 Å². The number of benzene rings is 1. The Morgan fingerprint density at radius 1 is 1.21 bits per heavy atom. The highest BCUT2D eigenvalue weighted by molar-refractivity contribution is 5.88. The van der Waals surface area contributed by atoms with Gasteiger partial charge in [0.25, 0.3) is 0 Å². The molecule has 0 aliphatic carbocycles. The lowest BCUT2D eigenvalue weighted by atomic mass is 10.1. The van der Waals surface area contributed by atoms with Gasteiger partial charge in [0.05, 0.1) is 0 Å². The predicted molar refractivity (Wildman–Crippen MR) is 72.7 cm³/mol. The maximum Gasteiger partial charge on any atom is 0.221 e. The molecule has 1 aliphatic rings. The minimum atomic E-state index is -0.0624. The van der Waals surface area contributed by atoms with Crippen molar-refractivity contribution in [3.8, 4) is 11.4 Å². The Balaban J connectivity index is 1.90. The van der Waals surface area contributed by atoms with Crippen LogP contribution in [0.1, 0.15) is 25.6 Å². The first-order valence-corrected chi connectivity index (χ1v) is 6.54. The van der Waals surface area contributed by atoms with E-state index >= 15 is 0 Å². The molecular weight excluding hydrogens is 240 g/mol. The summed E-state index contributed by atoms with van der Waals surface area (Å²) in [5.74, 6) is 1.93. The van der Waals surface area contributed by atoms with Crippen LogP contribution in [0, 0.1) is 0 Å². The van der Waals surface area contributed by atoms with Gasteiger partial charge in [-0.2, -0.15) is 0 Å². The molecule has 19 heavy (non-hydrogen) atoms. The minimum absolute atomic E-state index is 0.0624. The van der Waals surface area contributed by atoms with Crippen molar-refractivity contribution >= 4 is 11.6 Å². The molecule has 0 bridgehead atoms. The predicted octanol–water partition coefficient (Wildman–Crippen LogP) is 2.24. The van der Waals surface area contributed by atoms with E-state index in [1.54, 1.807) is 0 Å². The van der Waals surface area contributed by atoms with Crippen molar-refractivity contribution in [3.63, 3.8) is 0 Å². The lowest BCUT2D eigenvalue weighted by Gasteiger charge is -2.14. The number of fused-ring (bicyclic) bond motifs is 1. The van der Waals surface area contributed by atoms with Crippen LogP contribution in [-0.4, -0.2) is 20.7 Å². The molecule has 1 aliphatic heterocycles. The molecule has 1 aromatic carbocycles. The molecule has 0 saturated heterocycles. The molecule has 2 heterocycles. The van der Waals surface area contributed by atoms with Crippen LogP contribution in [0.25, 0.3) is 11.4 Å². The van der Waals surface area contributed by atoms with Crippen LogP contribution >= 0.6 is 0 Å². The second-order valence-electron chi connectivity index (χ2n) is 4.81. The Hall–Kier alpha value is -2.17. The average molecular weight is 256 g/mol. The Labute approximate surface area is 111 Å². The lowest BCUT2D eigenvalue weighted by Crippen LogP contribution is -2.11. The molecule has 1 amide bonds. The zero-order chi connectivity index (χ0) is 13.2. The Morgan fingerprint density at radius 2 is 2.00 bits per heavy atom. The Bertz CT molecular complexity index is 600. The van der Waals surface area contributed by atoms with Crippen molar-refractivity contribution in [2.45, 2.75) is 32.7 Å². The molecule has 1 N–H and O–H groups in total. The highest BCUT2D eigenvalue weighted by Gasteiger charge is 2.16. The smallest absolute Gasteiger partial charge is 0.221 e. The van der Waals surface area contributed by atoms with Crippen molar-refractivity contribution in [1.82, 2.24) is 14.8 Å². The lowest BCUT2D eigenvalue weighted by molar-refractivity contribution is -0.114. The quantitative estimate of drug-likeness (QED) is 0.896. The van der Waals surface area contributed by atoms with Gasteiger partial charge in [0.1, 0.15) is 5.82 Å². The van der Waals surface area contributed by atoms with E-state index in [-0.39, 0.29) is 5.91 Å². The fraction of sp³-hybridized carbons (Fsp3) is 0.357. The fourth-order valence-corrected chi connectivity index (χ4v) is 2.43. The van der Waals surface area contributed by atoms with Crippen molar-refractivity contribution < 1.29 is 4.79 Å². The third kappa shape index (κ3) is 2.36. The van der Waals surface area contributed by atoms with Crippen molar-refractivity contribution in [1.29, 1.82) is 0 Å². The van der Waals surface area contributed by atoms with Crippen LogP contribution in [0.3, 0.4) is 0 Å². The molecule has 0 spiro atoms. The molecule has 5 heteroatoms. The van der Waals surface area contributed by atoms with Gasteiger partial charge in [-0.05, 0) is 37.1 Å². The molecular formula is C14H16N4O. The summed E-state index contributed by atoms with van der Waals surface area (Å²) in [6.45, 7) is 2.49. The molecule has 0 radical (unpaired) electrons. The fourth-order valence-electron chi connectivity index (χ4n) is 2.43. The summed E-state index contributed by atoms with van der Waals surface area (Å²) in [5, 5.41) is 11.3. The van der Waals surface area contributed by atoms with Gasteiger partial charge in [-0.25, -0.2) is 0 Å². The van der Waals surface area contributed by atoms with Crippen molar-refractivity contribution in [2.75, 3.05) is 5.32 Å². The number of nitrogens with one attached hydrogen (secondary N) is 1. The van der Waals surface area contributed by atoms with Gasteiger partial charge in [0.15, 0.2) is 5.82 Å². The van der Waals surface area contributed by atoms with Crippen molar-refractivity contribution in [3.05, 3.63) is 30.1 Å². The van der Waals surface area contributed by atoms with Gasteiger partial charge in [0.2, 0.25) is 5.91 Å². The zero-order valence-corrected chi connectivity index (χ0v) is 10.9.